The predicted molar refractivity (Wildman–Crippen MR) is 156 cm³/mol. The number of para-hydroxylation sites is 1. The zero-order valence-electron chi connectivity index (χ0n) is 21.6. The van der Waals surface area contributed by atoms with Crippen molar-refractivity contribution in [2.45, 2.75) is 13.3 Å². The predicted octanol–water partition coefficient (Wildman–Crippen LogP) is 5.65. The summed E-state index contributed by atoms with van der Waals surface area (Å²) >= 11 is 1.24. The number of halogens is 1. The maximum atomic E-state index is 14.9. The van der Waals surface area contributed by atoms with Gasteiger partial charge < -0.3 is 4.74 Å². The first-order chi connectivity index (χ1) is 19.6. The summed E-state index contributed by atoms with van der Waals surface area (Å²) in [7, 11) is 0. The zero-order chi connectivity index (χ0) is 27.5. The Labute approximate surface area is 233 Å². The van der Waals surface area contributed by atoms with Crippen LogP contribution in [-0.2, 0) is 0 Å². The Bertz CT molecular complexity index is 1930. The van der Waals surface area contributed by atoms with Crippen LogP contribution in [0.25, 0.3) is 40.1 Å². The van der Waals surface area contributed by atoms with Crippen molar-refractivity contribution in [3.63, 3.8) is 0 Å². The van der Waals surface area contributed by atoms with E-state index in [-0.39, 0.29) is 11.3 Å². The summed E-state index contributed by atoms with van der Waals surface area (Å²) in [5.74, 6) is 0.186. The lowest BCUT2D eigenvalue weighted by molar-refractivity contribution is 0.301. The summed E-state index contributed by atoms with van der Waals surface area (Å²) in [5.41, 5.74) is 3.35. The van der Waals surface area contributed by atoms with Crippen LogP contribution in [-0.4, -0.2) is 31.0 Å². The number of ether oxygens (including phenoxy) is 1. The Morgan fingerprint density at radius 1 is 0.975 bits per heavy atom. The van der Waals surface area contributed by atoms with Crippen LogP contribution in [0.15, 0.2) is 89.9 Å². The molecule has 0 amide bonds. The second-order valence-corrected chi connectivity index (χ2v) is 10.0. The van der Waals surface area contributed by atoms with Gasteiger partial charge in [-0.2, -0.15) is 14.6 Å². The van der Waals surface area contributed by atoms with E-state index in [0.717, 1.165) is 17.7 Å². The van der Waals surface area contributed by atoms with Gasteiger partial charge in [-0.1, -0.05) is 72.9 Å². The van der Waals surface area contributed by atoms with Crippen molar-refractivity contribution >= 4 is 34.5 Å². The van der Waals surface area contributed by atoms with E-state index in [1.54, 1.807) is 29.0 Å². The molecular formula is C31H24FN5O2S. The third kappa shape index (κ3) is 5.19. The summed E-state index contributed by atoms with van der Waals surface area (Å²) < 4.78 is 23.8. The van der Waals surface area contributed by atoms with E-state index in [9.17, 15) is 9.18 Å². The van der Waals surface area contributed by atoms with Crippen molar-refractivity contribution in [3.05, 3.63) is 123 Å². The molecule has 3 aromatic carbocycles. The minimum atomic E-state index is -0.467. The normalized spacial score (nSPS) is 12.1. The first-order valence-electron chi connectivity index (χ1n) is 12.8. The fourth-order valence-corrected chi connectivity index (χ4v) is 5.11. The Kier molecular flexibility index (Phi) is 7.03. The lowest BCUT2D eigenvalue weighted by Crippen LogP contribution is -2.23. The molecule has 40 heavy (non-hydrogen) atoms. The molecule has 7 nitrogen and oxygen atoms in total. The molecule has 0 aliphatic carbocycles. The van der Waals surface area contributed by atoms with Crippen LogP contribution < -0.4 is 14.8 Å². The highest BCUT2D eigenvalue weighted by Gasteiger charge is 2.16. The van der Waals surface area contributed by atoms with Gasteiger partial charge in [0.1, 0.15) is 5.69 Å². The molecule has 6 aromatic rings. The number of aromatic nitrogens is 5. The fraction of sp³-hybridized carbons (Fsp3) is 0.0968. The van der Waals surface area contributed by atoms with E-state index < -0.39 is 5.82 Å². The Morgan fingerprint density at radius 3 is 2.48 bits per heavy atom. The lowest BCUT2D eigenvalue weighted by atomic mass is 10.1. The van der Waals surface area contributed by atoms with E-state index in [0.29, 0.717) is 38.7 Å². The van der Waals surface area contributed by atoms with E-state index in [1.165, 1.54) is 21.9 Å². The Hall–Kier alpha value is -4.89. The van der Waals surface area contributed by atoms with Gasteiger partial charge in [0, 0.05) is 17.3 Å². The highest BCUT2D eigenvalue weighted by atomic mass is 32.1. The van der Waals surface area contributed by atoms with Crippen LogP contribution in [0.1, 0.15) is 30.3 Å². The SMILES string of the molecule is CCCOc1ccc(-c2nn(-c3ccccc3)cc2/C=c2\sc3nc(/C=C/c4ccccc4)nn3c2=O)cc1F. The van der Waals surface area contributed by atoms with Gasteiger partial charge >= 0.3 is 0 Å². The van der Waals surface area contributed by atoms with E-state index in [1.807, 2.05) is 79.9 Å². The van der Waals surface area contributed by atoms with Gasteiger partial charge in [0.25, 0.3) is 5.56 Å². The highest BCUT2D eigenvalue weighted by Crippen LogP contribution is 2.29. The zero-order valence-corrected chi connectivity index (χ0v) is 22.4. The third-order valence-electron chi connectivity index (χ3n) is 6.14. The van der Waals surface area contributed by atoms with Crippen molar-refractivity contribution in [1.29, 1.82) is 0 Å². The lowest BCUT2D eigenvalue weighted by Gasteiger charge is -2.07. The van der Waals surface area contributed by atoms with Crippen molar-refractivity contribution in [2.24, 2.45) is 0 Å². The molecule has 198 valence electrons. The average molecular weight is 550 g/mol. The van der Waals surface area contributed by atoms with Crippen LogP contribution >= 0.6 is 11.3 Å². The van der Waals surface area contributed by atoms with Gasteiger partial charge in [-0.05, 0) is 54.5 Å². The Balaban J connectivity index is 1.41. The number of hydrogen-bond donors (Lipinski definition) is 0. The summed E-state index contributed by atoms with van der Waals surface area (Å²) in [6, 6.07) is 24.2. The molecule has 3 heterocycles. The molecule has 0 radical (unpaired) electrons. The molecule has 0 aliphatic rings. The summed E-state index contributed by atoms with van der Waals surface area (Å²) in [6.45, 7) is 2.40. The van der Waals surface area contributed by atoms with Gasteiger partial charge in [0.15, 0.2) is 17.4 Å². The number of nitrogens with zero attached hydrogens (tertiary/aromatic N) is 5. The van der Waals surface area contributed by atoms with Crippen LogP contribution in [0.3, 0.4) is 0 Å². The maximum Gasteiger partial charge on any atom is 0.291 e. The molecule has 0 atom stereocenters. The molecule has 9 heteroatoms. The minimum absolute atomic E-state index is 0.197. The molecule has 0 fully saturated rings. The molecular weight excluding hydrogens is 525 g/mol. The molecule has 0 N–H and O–H groups in total. The first kappa shape index (κ1) is 25.4. The monoisotopic (exact) mass is 549 g/mol. The minimum Gasteiger partial charge on any atom is -0.491 e. The van der Waals surface area contributed by atoms with Crippen LogP contribution in [0.5, 0.6) is 5.75 Å². The third-order valence-corrected chi connectivity index (χ3v) is 7.10. The molecule has 6 rings (SSSR count). The van der Waals surface area contributed by atoms with Gasteiger partial charge in [-0.3, -0.25) is 4.79 Å². The summed E-state index contributed by atoms with van der Waals surface area (Å²) in [6.07, 6.45) is 8.04. The molecule has 0 unspecified atom stereocenters. The van der Waals surface area contributed by atoms with Crippen molar-refractivity contribution < 1.29 is 9.13 Å². The number of hydrogen-bond acceptors (Lipinski definition) is 6. The average Bonchev–Trinajstić information content (AvgIpc) is 3.67. The standard InChI is InChI=1S/C31H24FN5O2S/c1-2-17-39-26-15-14-22(18-25(26)32)29-23(20-36(35-29)24-11-7-4-8-12-24)19-27-30(38)37-31(40-27)33-28(34-37)16-13-21-9-5-3-6-10-21/h3-16,18-20H,2,17H2,1H3/b16-13+,27-19-. The smallest absolute Gasteiger partial charge is 0.291 e. The number of benzene rings is 3. The molecule has 0 saturated heterocycles. The van der Waals surface area contributed by atoms with Crippen LogP contribution in [0.4, 0.5) is 4.39 Å². The topological polar surface area (TPSA) is 74.3 Å². The number of fused-ring (bicyclic) bond motifs is 1. The van der Waals surface area contributed by atoms with Gasteiger partial charge in [0.2, 0.25) is 4.96 Å². The fourth-order valence-electron chi connectivity index (χ4n) is 4.20. The molecule has 3 aromatic heterocycles. The first-order valence-corrected chi connectivity index (χ1v) is 13.6. The van der Waals surface area contributed by atoms with E-state index >= 15 is 0 Å². The Morgan fingerprint density at radius 2 is 1.75 bits per heavy atom. The van der Waals surface area contributed by atoms with Gasteiger partial charge in [-0.25, -0.2) is 9.07 Å². The van der Waals surface area contributed by atoms with Crippen molar-refractivity contribution in [3.8, 4) is 22.7 Å². The summed E-state index contributed by atoms with van der Waals surface area (Å²) in [5, 5.41) is 9.13. The van der Waals surface area contributed by atoms with E-state index in [2.05, 4.69) is 10.1 Å². The maximum absolute atomic E-state index is 14.9. The number of thiazole rings is 1. The van der Waals surface area contributed by atoms with E-state index in [4.69, 9.17) is 9.84 Å². The molecule has 0 saturated carbocycles. The van der Waals surface area contributed by atoms with Crippen LogP contribution in [0.2, 0.25) is 0 Å². The van der Waals surface area contributed by atoms with Gasteiger partial charge in [0.05, 0.1) is 16.8 Å². The second kappa shape index (κ2) is 11.1. The van der Waals surface area contributed by atoms with Gasteiger partial charge in [-0.15, -0.1) is 5.10 Å². The highest BCUT2D eigenvalue weighted by molar-refractivity contribution is 7.15. The van der Waals surface area contributed by atoms with Crippen molar-refractivity contribution in [2.75, 3.05) is 6.61 Å². The largest absolute Gasteiger partial charge is 0.491 e. The van der Waals surface area contributed by atoms with Crippen LogP contribution in [0, 0.1) is 5.82 Å². The molecule has 0 aliphatic heterocycles. The summed E-state index contributed by atoms with van der Waals surface area (Å²) in [4.78, 5) is 18.3. The molecule has 0 spiro atoms. The second-order valence-electron chi connectivity index (χ2n) is 9.03. The molecule has 0 bridgehead atoms. The number of rotatable bonds is 8. The van der Waals surface area contributed by atoms with Crippen molar-refractivity contribution in [1.82, 2.24) is 24.4 Å². The quantitative estimate of drug-likeness (QED) is 0.245.